The molecule has 7 heteroatoms. The van der Waals surface area contributed by atoms with Crippen LogP contribution in [0, 0.1) is 11.8 Å². The molecule has 5 rings (SSSR count). The molecule has 2 aliphatic rings. The number of nitrogens with zero attached hydrogens (tertiary/aromatic N) is 4. The molecule has 1 N–H and O–H groups in total. The molecule has 4 heterocycles. The van der Waals surface area contributed by atoms with E-state index in [2.05, 4.69) is 9.88 Å². The van der Waals surface area contributed by atoms with Crippen LogP contribution in [-0.2, 0) is 17.9 Å². The number of aliphatic hydroxyl groups excluding tert-OH is 1. The van der Waals surface area contributed by atoms with Crippen LogP contribution in [0.5, 0.6) is 0 Å². The summed E-state index contributed by atoms with van der Waals surface area (Å²) in [6.45, 7) is 0.873. The van der Waals surface area contributed by atoms with E-state index in [4.69, 9.17) is 0 Å². The number of hydrogen-bond donors (Lipinski definition) is 1. The van der Waals surface area contributed by atoms with Gasteiger partial charge in [-0.1, -0.05) is 36.4 Å². The second-order valence-corrected chi connectivity index (χ2v) is 9.06. The highest BCUT2D eigenvalue weighted by molar-refractivity contribution is 5.80. The maximum absolute atomic E-state index is 13.6. The standard InChI is InChI=1S/C26H28N4O3/c1-28(2)26(33)23-20(16-31)22-15-30-21(24(23)29(22)14-18-10-6-7-13-27-18)12-11-19(25(30)32)17-8-4-3-5-9-17/h3-13,20,22-24,31H,14-16H2,1-2H3/t20-,22-,23+,24+/m1/s1. The first kappa shape index (κ1) is 21.6. The second-order valence-electron chi connectivity index (χ2n) is 9.06. The van der Waals surface area contributed by atoms with E-state index in [0.717, 1.165) is 17.0 Å². The molecule has 2 aliphatic heterocycles. The Bertz CT molecular complexity index is 1210. The minimum atomic E-state index is -0.436. The van der Waals surface area contributed by atoms with Gasteiger partial charge in [0.15, 0.2) is 0 Å². The second kappa shape index (κ2) is 8.57. The lowest BCUT2D eigenvalue weighted by Gasteiger charge is -2.38. The summed E-state index contributed by atoms with van der Waals surface area (Å²) in [6, 6.07) is 18.8. The van der Waals surface area contributed by atoms with Gasteiger partial charge in [0.25, 0.3) is 5.56 Å². The SMILES string of the molecule is CN(C)C(=O)[C@H]1[C@H](CO)[C@H]2Cn3c(ccc(-c4ccccc4)c3=O)[C@@H]1N2Cc1ccccn1. The van der Waals surface area contributed by atoms with E-state index >= 15 is 0 Å². The van der Waals surface area contributed by atoms with Gasteiger partial charge < -0.3 is 14.6 Å². The Morgan fingerprint density at radius 2 is 1.85 bits per heavy atom. The third-order valence-electron chi connectivity index (χ3n) is 7.05. The summed E-state index contributed by atoms with van der Waals surface area (Å²) in [4.78, 5) is 35.2. The molecule has 0 saturated carbocycles. The summed E-state index contributed by atoms with van der Waals surface area (Å²) in [6.07, 6.45) is 1.76. The third-order valence-corrected chi connectivity index (χ3v) is 7.05. The Morgan fingerprint density at radius 1 is 1.09 bits per heavy atom. The van der Waals surface area contributed by atoms with E-state index in [1.807, 2.05) is 65.2 Å². The number of fused-ring (bicyclic) bond motifs is 4. The maximum atomic E-state index is 13.6. The van der Waals surface area contributed by atoms with E-state index in [0.29, 0.717) is 18.7 Å². The number of amides is 1. The zero-order chi connectivity index (χ0) is 23.1. The van der Waals surface area contributed by atoms with Crippen molar-refractivity contribution < 1.29 is 9.90 Å². The monoisotopic (exact) mass is 444 g/mol. The fraction of sp³-hybridized carbons (Fsp3) is 0.346. The molecular weight excluding hydrogens is 416 g/mol. The lowest BCUT2D eigenvalue weighted by Crippen LogP contribution is -2.46. The van der Waals surface area contributed by atoms with Gasteiger partial charge in [0.05, 0.1) is 17.7 Å². The highest BCUT2D eigenvalue weighted by Gasteiger charge is 2.56. The van der Waals surface area contributed by atoms with Gasteiger partial charge in [-0.25, -0.2) is 0 Å². The highest BCUT2D eigenvalue weighted by Crippen LogP contribution is 2.49. The predicted molar refractivity (Wildman–Crippen MR) is 125 cm³/mol. The molecule has 1 aromatic carbocycles. The van der Waals surface area contributed by atoms with Crippen molar-refractivity contribution in [2.45, 2.75) is 25.2 Å². The van der Waals surface area contributed by atoms with Gasteiger partial charge in [-0.05, 0) is 29.8 Å². The summed E-state index contributed by atoms with van der Waals surface area (Å²) < 4.78 is 1.82. The Hall–Kier alpha value is -3.29. The molecule has 2 bridgehead atoms. The zero-order valence-corrected chi connectivity index (χ0v) is 18.8. The van der Waals surface area contributed by atoms with Crippen LogP contribution >= 0.6 is 0 Å². The summed E-state index contributed by atoms with van der Waals surface area (Å²) in [7, 11) is 3.49. The lowest BCUT2D eigenvalue weighted by molar-refractivity contribution is -0.135. The number of aliphatic hydroxyl groups is 1. The van der Waals surface area contributed by atoms with Crippen molar-refractivity contribution in [2.24, 2.45) is 11.8 Å². The highest BCUT2D eigenvalue weighted by atomic mass is 16.3. The van der Waals surface area contributed by atoms with Crippen LogP contribution < -0.4 is 5.56 Å². The first-order valence-corrected chi connectivity index (χ1v) is 11.3. The Morgan fingerprint density at radius 3 is 2.52 bits per heavy atom. The number of pyridine rings is 2. The largest absolute Gasteiger partial charge is 0.396 e. The molecule has 1 amide bonds. The van der Waals surface area contributed by atoms with Crippen LogP contribution in [-0.4, -0.2) is 57.1 Å². The molecule has 33 heavy (non-hydrogen) atoms. The van der Waals surface area contributed by atoms with E-state index in [1.54, 1.807) is 25.2 Å². The molecule has 3 aromatic rings. The smallest absolute Gasteiger partial charge is 0.258 e. The molecule has 170 valence electrons. The van der Waals surface area contributed by atoms with Crippen LogP contribution in [0.4, 0.5) is 0 Å². The van der Waals surface area contributed by atoms with Crippen molar-refractivity contribution in [3.8, 4) is 11.1 Å². The molecule has 4 atom stereocenters. The van der Waals surface area contributed by atoms with Crippen molar-refractivity contribution in [1.82, 2.24) is 19.4 Å². The van der Waals surface area contributed by atoms with Gasteiger partial charge >= 0.3 is 0 Å². The molecule has 1 fully saturated rings. The molecule has 0 spiro atoms. The molecule has 7 nitrogen and oxygen atoms in total. The average molecular weight is 445 g/mol. The lowest BCUT2D eigenvalue weighted by atomic mass is 9.86. The van der Waals surface area contributed by atoms with Gasteiger partial charge in [0.2, 0.25) is 5.91 Å². The molecule has 0 unspecified atom stereocenters. The number of carbonyl (C=O) groups is 1. The van der Waals surface area contributed by atoms with Crippen molar-refractivity contribution in [2.75, 3.05) is 20.7 Å². The first-order chi connectivity index (χ1) is 16.0. The fourth-order valence-corrected chi connectivity index (χ4v) is 5.54. The van der Waals surface area contributed by atoms with Crippen LogP contribution in [0.3, 0.4) is 0 Å². The predicted octanol–water partition coefficient (Wildman–Crippen LogP) is 2.16. The Labute approximate surface area is 192 Å². The van der Waals surface area contributed by atoms with E-state index in [-0.39, 0.29) is 36.1 Å². The molecule has 1 saturated heterocycles. The van der Waals surface area contributed by atoms with Crippen LogP contribution in [0.2, 0.25) is 0 Å². The van der Waals surface area contributed by atoms with Crippen molar-refractivity contribution in [3.63, 3.8) is 0 Å². The molecule has 0 aliphatic carbocycles. The number of hydrogen-bond acceptors (Lipinski definition) is 5. The third kappa shape index (κ3) is 3.57. The van der Waals surface area contributed by atoms with Crippen LogP contribution in [0.1, 0.15) is 17.4 Å². The van der Waals surface area contributed by atoms with Crippen molar-refractivity contribution in [3.05, 3.63) is 88.6 Å². The van der Waals surface area contributed by atoms with Gasteiger partial charge in [0, 0.05) is 63.2 Å². The Balaban J connectivity index is 1.64. The average Bonchev–Trinajstić information content (AvgIpc) is 3.04. The van der Waals surface area contributed by atoms with Gasteiger partial charge in [0.1, 0.15) is 0 Å². The summed E-state index contributed by atoms with van der Waals surface area (Å²) in [5.74, 6) is -0.733. The van der Waals surface area contributed by atoms with Crippen molar-refractivity contribution >= 4 is 5.91 Å². The van der Waals surface area contributed by atoms with Gasteiger partial charge in [-0.3, -0.25) is 19.5 Å². The van der Waals surface area contributed by atoms with E-state index < -0.39 is 5.92 Å². The van der Waals surface area contributed by atoms with E-state index in [1.165, 1.54) is 0 Å². The normalized spacial score (nSPS) is 23.8. The fourth-order valence-electron chi connectivity index (χ4n) is 5.54. The van der Waals surface area contributed by atoms with Gasteiger partial charge in [-0.15, -0.1) is 0 Å². The summed E-state index contributed by atoms with van der Waals surface area (Å²) >= 11 is 0. The minimum absolute atomic E-state index is 0.0272. The number of rotatable bonds is 5. The molecular formula is C26H28N4O3. The van der Waals surface area contributed by atoms with Crippen LogP contribution in [0.25, 0.3) is 11.1 Å². The van der Waals surface area contributed by atoms with Crippen LogP contribution in [0.15, 0.2) is 71.7 Å². The zero-order valence-electron chi connectivity index (χ0n) is 18.8. The van der Waals surface area contributed by atoms with Crippen molar-refractivity contribution in [1.29, 1.82) is 0 Å². The quantitative estimate of drug-likeness (QED) is 0.653. The summed E-state index contributed by atoms with van der Waals surface area (Å²) in [5.41, 5.74) is 3.19. The Kier molecular flexibility index (Phi) is 5.60. The van der Waals surface area contributed by atoms with Gasteiger partial charge in [-0.2, -0.15) is 0 Å². The topological polar surface area (TPSA) is 78.7 Å². The first-order valence-electron chi connectivity index (χ1n) is 11.3. The summed E-state index contributed by atoms with van der Waals surface area (Å²) in [5, 5.41) is 10.4. The minimum Gasteiger partial charge on any atom is -0.396 e. The number of benzene rings is 1. The maximum Gasteiger partial charge on any atom is 0.258 e. The van der Waals surface area contributed by atoms with E-state index in [9.17, 15) is 14.7 Å². The number of aromatic nitrogens is 2. The molecule has 2 aromatic heterocycles. The number of carbonyl (C=O) groups excluding carboxylic acids is 1. The molecule has 0 radical (unpaired) electrons.